The number of piperidine rings is 1. The molecule has 0 bridgehead atoms. The van der Waals surface area contributed by atoms with E-state index in [9.17, 15) is 9.59 Å². The molecule has 1 fully saturated rings. The number of rotatable bonds is 3. The number of para-hydroxylation sites is 1. The van der Waals surface area contributed by atoms with E-state index in [4.69, 9.17) is 5.11 Å². The molecule has 2 rings (SSSR count). The summed E-state index contributed by atoms with van der Waals surface area (Å²) in [5, 5.41) is 9.14. The van der Waals surface area contributed by atoms with Gasteiger partial charge in [-0.15, -0.1) is 0 Å². The van der Waals surface area contributed by atoms with Crippen molar-refractivity contribution in [2.75, 3.05) is 24.5 Å². The Kier molecular flexibility index (Phi) is 4.83. The lowest BCUT2D eigenvalue weighted by Gasteiger charge is -2.35. The number of carboxylic acids is 1. The maximum Gasteiger partial charge on any atom is 0.324 e. The van der Waals surface area contributed by atoms with Crippen LogP contribution in [0.25, 0.3) is 0 Å². The molecule has 2 amide bonds. The van der Waals surface area contributed by atoms with E-state index < -0.39 is 11.9 Å². The monoisotopic (exact) mass is 290 g/mol. The van der Waals surface area contributed by atoms with Gasteiger partial charge in [0.15, 0.2) is 0 Å². The van der Waals surface area contributed by atoms with Crippen LogP contribution in [0.4, 0.5) is 10.5 Å². The van der Waals surface area contributed by atoms with Gasteiger partial charge in [-0.1, -0.05) is 18.2 Å². The van der Waals surface area contributed by atoms with E-state index in [2.05, 4.69) is 0 Å². The predicted octanol–water partition coefficient (Wildman–Crippen LogP) is 2.74. The minimum absolute atomic E-state index is 0.0993. The van der Waals surface area contributed by atoms with Crippen molar-refractivity contribution >= 4 is 17.7 Å². The summed E-state index contributed by atoms with van der Waals surface area (Å²) in [6, 6.07) is 7.65. The Balaban J connectivity index is 2.17. The molecule has 114 valence electrons. The summed E-state index contributed by atoms with van der Waals surface area (Å²) in [6.07, 6.45) is 1.39. The van der Waals surface area contributed by atoms with Crippen molar-refractivity contribution in [1.82, 2.24) is 4.90 Å². The highest BCUT2D eigenvalue weighted by molar-refractivity contribution is 5.93. The van der Waals surface area contributed by atoms with Crippen LogP contribution in [0.3, 0.4) is 0 Å². The number of carboxylic acid groups (broad SMARTS) is 1. The van der Waals surface area contributed by atoms with Crippen molar-refractivity contribution in [1.29, 1.82) is 0 Å². The molecule has 1 N–H and O–H groups in total. The first-order chi connectivity index (χ1) is 10.0. The van der Waals surface area contributed by atoms with Crippen LogP contribution in [0.2, 0.25) is 0 Å². The highest BCUT2D eigenvalue weighted by Gasteiger charge is 2.30. The van der Waals surface area contributed by atoms with Crippen LogP contribution in [0, 0.1) is 12.8 Å². The molecule has 21 heavy (non-hydrogen) atoms. The number of amides is 2. The molecular weight excluding hydrogens is 268 g/mol. The minimum atomic E-state index is -0.813. The number of hydrogen-bond donors (Lipinski definition) is 1. The van der Waals surface area contributed by atoms with Crippen LogP contribution in [0.1, 0.15) is 25.3 Å². The number of likely N-dealkylation sites (tertiary alicyclic amines) is 1. The molecule has 1 heterocycles. The molecule has 1 aliphatic heterocycles. The molecule has 0 aliphatic carbocycles. The lowest BCUT2D eigenvalue weighted by Crippen LogP contribution is -2.49. The number of aryl methyl sites for hydroxylation is 1. The van der Waals surface area contributed by atoms with Crippen LogP contribution in [0.15, 0.2) is 24.3 Å². The summed E-state index contributed by atoms with van der Waals surface area (Å²) in [6.45, 7) is 5.41. The summed E-state index contributed by atoms with van der Waals surface area (Å²) in [5.74, 6) is -1.26. The van der Waals surface area contributed by atoms with Crippen molar-refractivity contribution in [3.05, 3.63) is 29.8 Å². The summed E-state index contributed by atoms with van der Waals surface area (Å²) in [7, 11) is 0. The number of hydrogen-bond acceptors (Lipinski definition) is 2. The number of benzene rings is 1. The largest absolute Gasteiger partial charge is 0.481 e. The zero-order valence-corrected chi connectivity index (χ0v) is 12.6. The second kappa shape index (κ2) is 6.61. The van der Waals surface area contributed by atoms with Gasteiger partial charge in [0.05, 0.1) is 5.92 Å². The van der Waals surface area contributed by atoms with Crippen LogP contribution >= 0.6 is 0 Å². The minimum Gasteiger partial charge on any atom is -0.481 e. The van der Waals surface area contributed by atoms with Crippen LogP contribution < -0.4 is 4.90 Å². The maximum atomic E-state index is 12.7. The third kappa shape index (κ3) is 3.35. The Morgan fingerprint density at radius 2 is 2.10 bits per heavy atom. The lowest BCUT2D eigenvalue weighted by molar-refractivity contribution is -0.143. The Bertz CT molecular complexity index is 530. The van der Waals surface area contributed by atoms with E-state index in [1.54, 1.807) is 9.80 Å². The van der Waals surface area contributed by atoms with Gasteiger partial charge in [-0.3, -0.25) is 9.69 Å². The van der Waals surface area contributed by atoms with Gasteiger partial charge >= 0.3 is 12.0 Å². The van der Waals surface area contributed by atoms with Gasteiger partial charge in [-0.05, 0) is 38.3 Å². The molecule has 1 saturated heterocycles. The third-order valence-corrected chi connectivity index (χ3v) is 3.99. The molecule has 0 saturated carbocycles. The Morgan fingerprint density at radius 1 is 1.38 bits per heavy atom. The topological polar surface area (TPSA) is 60.9 Å². The standard InChI is InChI=1S/C16H22N2O3/c1-3-18(14-9-5-4-7-12(14)2)16(21)17-10-6-8-13(11-17)15(19)20/h4-5,7,9,13H,3,6,8,10-11H2,1-2H3,(H,19,20)/t13-/m0/s1. The summed E-state index contributed by atoms with van der Waals surface area (Å²) in [5.41, 5.74) is 1.93. The molecule has 1 atom stereocenters. The Labute approximate surface area is 125 Å². The van der Waals surface area contributed by atoms with E-state index in [1.807, 2.05) is 38.1 Å². The number of urea groups is 1. The SMILES string of the molecule is CCN(C(=O)N1CCC[C@H](C(=O)O)C1)c1ccccc1C. The van der Waals surface area contributed by atoms with E-state index in [1.165, 1.54) is 0 Å². The van der Waals surface area contributed by atoms with Crippen molar-refractivity contribution in [3.63, 3.8) is 0 Å². The van der Waals surface area contributed by atoms with E-state index >= 15 is 0 Å². The van der Waals surface area contributed by atoms with Crippen LogP contribution in [-0.2, 0) is 4.79 Å². The lowest BCUT2D eigenvalue weighted by atomic mass is 9.98. The van der Waals surface area contributed by atoms with Gasteiger partial charge in [0.2, 0.25) is 0 Å². The number of carbonyl (C=O) groups is 2. The quantitative estimate of drug-likeness (QED) is 0.931. The van der Waals surface area contributed by atoms with Crippen molar-refractivity contribution < 1.29 is 14.7 Å². The Morgan fingerprint density at radius 3 is 2.71 bits per heavy atom. The number of aliphatic carboxylic acids is 1. The fraction of sp³-hybridized carbons (Fsp3) is 0.500. The zero-order valence-electron chi connectivity index (χ0n) is 12.6. The van der Waals surface area contributed by atoms with Gasteiger partial charge in [0.1, 0.15) is 0 Å². The highest BCUT2D eigenvalue weighted by atomic mass is 16.4. The van der Waals surface area contributed by atoms with Crippen LogP contribution in [-0.4, -0.2) is 41.6 Å². The van der Waals surface area contributed by atoms with Crippen molar-refractivity contribution in [3.8, 4) is 0 Å². The van der Waals surface area contributed by atoms with Gasteiger partial charge < -0.3 is 10.0 Å². The van der Waals surface area contributed by atoms with Gasteiger partial charge in [-0.25, -0.2) is 4.79 Å². The number of nitrogens with zero attached hydrogens (tertiary/aromatic N) is 2. The van der Waals surface area contributed by atoms with Gasteiger partial charge in [-0.2, -0.15) is 0 Å². The first-order valence-electron chi connectivity index (χ1n) is 7.39. The second-order valence-electron chi connectivity index (χ2n) is 5.44. The molecule has 0 aromatic heterocycles. The molecule has 1 aromatic carbocycles. The molecule has 5 nitrogen and oxygen atoms in total. The summed E-state index contributed by atoms with van der Waals surface area (Å²) >= 11 is 0. The highest BCUT2D eigenvalue weighted by Crippen LogP contribution is 2.23. The van der Waals surface area contributed by atoms with Gasteiger partial charge in [0, 0.05) is 25.3 Å². The zero-order chi connectivity index (χ0) is 15.4. The Hall–Kier alpha value is -2.04. The average Bonchev–Trinajstić information content (AvgIpc) is 2.50. The smallest absolute Gasteiger partial charge is 0.324 e. The first kappa shape index (κ1) is 15.4. The number of carbonyl (C=O) groups excluding carboxylic acids is 1. The molecule has 1 aliphatic rings. The average molecular weight is 290 g/mol. The molecule has 5 heteroatoms. The normalized spacial score (nSPS) is 18.4. The molecule has 0 radical (unpaired) electrons. The second-order valence-corrected chi connectivity index (χ2v) is 5.44. The fourth-order valence-electron chi connectivity index (χ4n) is 2.80. The third-order valence-electron chi connectivity index (χ3n) is 3.99. The van der Waals surface area contributed by atoms with E-state index in [0.717, 1.165) is 17.7 Å². The number of anilines is 1. The van der Waals surface area contributed by atoms with Crippen molar-refractivity contribution in [2.45, 2.75) is 26.7 Å². The maximum absolute atomic E-state index is 12.7. The van der Waals surface area contributed by atoms with E-state index in [0.29, 0.717) is 26.1 Å². The molecule has 0 spiro atoms. The van der Waals surface area contributed by atoms with Crippen LogP contribution in [0.5, 0.6) is 0 Å². The van der Waals surface area contributed by atoms with Crippen molar-refractivity contribution in [2.24, 2.45) is 5.92 Å². The molecule has 1 aromatic rings. The molecular formula is C16H22N2O3. The summed E-state index contributed by atoms with van der Waals surface area (Å²) in [4.78, 5) is 27.2. The van der Waals surface area contributed by atoms with Gasteiger partial charge in [0.25, 0.3) is 0 Å². The molecule has 0 unspecified atom stereocenters. The van der Waals surface area contributed by atoms with E-state index in [-0.39, 0.29) is 6.03 Å². The first-order valence-corrected chi connectivity index (χ1v) is 7.39. The fourth-order valence-corrected chi connectivity index (χ4v) is 2.80. The predicted molar refractivity (Wildman–Crippen MR) is 81.5 cm³/mol. The summed E-state index contributed by atoms with van der Waals surface area (Å²) < 4.78 is 0.